The Morgan fingerprint density at radius 1 is 0.623 bits per heavy atom. The van der Waals surface area contributed by atoms with Crippen LogP contribution in [0, 0.1) is 0 Å². The lowest BCUT2D eigenvalue weighted by Crippen LogP contribution is -2.24. The predicted octanol–water partition coefficient (Wildman–Crippen LogP) is 8.03. The van der Waals surface area contributed by atoms with Crippen LogP contribution in [0.5, 0.6) is 11.5 Å². The number of Topliss-reactive ketones (excluding diaryl/α,β-unsaturated/α-hetero) is 1. The van der Waals surface area contributed by atoms with E-state index in [0.717, 1.165) is 90.5 Å². The zero-order valence-electron chi connectivity index (χ0n) is 35.6. The number of carbonyl (C=O) groups is 4. The SMILES string of the molecule is CCc1c(C(=O)C(N)=O)c2c(OCC(=O)OC)cc3c(c2n1Cc1ccccc1)CCCC3.CCc1cc2c(OCC(=O)OC)cc3c(c2n1Cc1ccccc1)CCCC3. The number of hydrogen-bond donors (Lipinski definition) is 1. The van der Waals surface area contributed by atoms with Crippen molar-refractivity contribution < 1.29 is 38.1 Å². The summed E-state index contributed by atoms with van der Waals surface area (Å²) < 4.78 is 25.8. The maximum absolute atomic E-state index is 13.1. The average Bonchev–Trinajstić information content (AvgIpc) is 3.83. The lowest BCUT2D eigenvalue weighted by atomic mass is 9.88. The Kier molecular flexibility index (Phi) is 13.6. The van der Waals surface area contributed by atoms with Gasteiger partial charge in [-0.15, -0.1) is 0 Å². The molecule has 0 unspecified atom stereocenters. The second-order valence-corrected chi connectivity index (χ2v) is 15.7. The number of carbonyl (C=O) groups excluding carboxylic acids is 4. The van der Waals surface area contributed by atoms with E-state index in [1.807, 2.05) is 43.3 Å². The number of nitrogens with zero attached hydrogens (tertiary/aromatic N) is 2. The summed E-state index contributed by atoms with van der Waals surface area (Å²) >= 11 is 0. The lowest BCUT2D eigenvalue weighted by Gasteiger charge is -2.21. The Bertz CT molecular complexity index is 2570. The molecule has 6 aromatic rings. The van der Waals surface area contributed by atoms with Crippen molar-refractivity contribution in [1.29, 1.82) is 0 Å². The third kappa shape index (κ3) is 9.06. The molecule has 0 atom stereocenters. The summed E-state index contributed by atoms with van der Waals surface area (Å²) in [7, 11) is 2.68. The molecule has 0 radical (unpaired) electrons. The van der Waals surface area contributed by atoms with Gasteiger partial charge in [-0.3, -0.25) is 9.59 Å². The second kappa shape index (κ2) is 19.4. The number of fused-ring (bicyclic) bond motifs is 6. The summed E-state index contributed by atoms with van der Waals surface area (Å²) in [5, 5.41) is 1.66. The first-order chi connectivity index (χ1) is 29.7. The summed E-state index contributed by atoms with van der Waals surface area (Å²) in [6, 6.07) is 26.8. The molecule has 1 amide bonds. The van der Waals surface area contributed by atoms with Crippen molar-refractivity contribution in [3.8, 4) is 11.5 Å². The molecule has 11 nitrogen and oxygen atoms in total. The molecule has 0 saturated carbocycles. The van der Waals surface area contributed by atoms with Crippen molar-refractivity contribution in [3.05, 3.63) is 129 Å². The molecule has 2 heterocycles. The number of aromatic nitrogens is 2. The number of esters is 2. The minimum absolute atomic E-state index is 0.0598. The van der Waals surface area contributed by atoms with Gasteiger partial charge in [0.05, 0.1) is 36.2 Å². The number of amides is 1. The number of hydrogen-bond acceptors (Lipinski definition) is 8. The maximum atomic E-state index is 13.1. The number of nitrogens with two attached hydrogens (primary N) is 1. The smallest absolute Gasteiger partial charge is 0.343 e. The second-order valence-electron chi connectivity index (χ2n) is 15.7. The Morgan fingerprint density at radius 3 is 1.66 bits per heavy atom. The van der Waals surface area contributed by atoms with Crippen molar-refractivity contribution >= 4 is 45.4 Å². The summed E-state index contributed by atoms with van der Waals surface area (Å²) in [6.07, 6.45) is 9.93. The molecule has 0 bridgehead atoms. The molecule has 11 heteroatoms. The van der Waals surface area contributed by atoms with Gasteiger partial charge in [-0.2, -0.15) is 0 Å². The minimum atomic E-state index is -1.01. The summed E-state index contributed by atoms with van der Waals surface area (Å²) in [5.74, 6) is -1.44. The van der Waals surface area contributed by atoms with E-state index < -0.39 is 17.7 Å². The van der Waals surface area contributed by atoms with Crippen molar-refractivity contribution in [3.63, 3.8) is 0 Å². The van der Waals surface area contributed by atoms with Gasteiger partial charge in [0.25, 0.3) is 11.7 Å². The molecule has 0 fully saturated rings. The Hall–Kier alpha value is -6.36. The molecular formula is C50H55N3O8. The van der Waals surface area contributed by atoms with Crippen LogP contribution in [-0.4, -0.2) is 60.2 Å². The number of benzene rings is 4. The highest BCUT2D eigenvalue weighted by Gasteiger charge is 2.31. The molecule has 0 spiro atoms. The number of primary amides is 1. The standard InChI is InChI=1S/C26H28N2O5.C24H27NO3/c1-3-19-22(25(30)26(27)31)23-20(33-15-21(29)32-2)13-17-11-7-8-12-18(17)24(23)28(19)14-16-9-5-4-6-10-16;1-3-19-14-21-22(28-16-23(26)27-2)13-18-11-7-8-12-20(18)24(21)25(19)15-17-9-5-4-6-10-17/h4-6,9-10,13H,3,7-8,11-12,14-15H2,1-2H3,(H2,27,31);4-6,9-10,13-14H,3,7-8,11-12,15-16H2,1-2H3. The zero-order chi connectivity index (χ0) is 43.0. The van der Waals surface area contributed by atoms with Crippen LogP contribution in [0.2, 0.25) is 0 Å². The van der Waals surface area contributed by atoms with E-state index in [1.54, 1.807) is 0 Å². The van der Waals surface area contributed by atoms with E-state index >= 15 is 0 Å². The lowest BCUT2D eigenvalue weighted by molar-refractivity contribution is -0.143. The maximum Gasteiger partial charge on any atom is 0.343 e. The molecular weight excluding hydrogens is 771 g/mol. The first-order valence-electron chi connectivity index (χ1n) is 21.3. The minimum Gasteiger partial charge on any atom is -0.481 e. The molecule has 0 saturated heterocycles. The molecule has 2 aliphatic rings. The Morgan fingerprint density at radius 2 is 1.13 bits per heavy atom. The Balaban J connectivity index is 0.000000186. The molecule has 8 rings (SSSR count). The average molecular weight is 826 g/mol. The highest BCUT2D eigenvalue weighted by atomic mass is 16.6. The topological polar surface area (TPSA) is 141 Å². The van der Waals surface area contributed by atoms with E-state index in [2.05, 4.69) is 58.5 Å². The van der Waals surface area contributed by atoms with Crippen molar-refractivity contribution in [2.45, 2.75) is 91.1 Å². The van der Waals surface area contributed by atoms with Crippen LogP contribution in [0.15, 0.2) is 78.9 Å². The van der Waals surface area contributed by atoms with E-state index in [9.17, 15) is 19.2 Å². The third-order valence-electron chi connectivity index (χ3n) is 11.9. The number of rotatable bonds is 14. The van der Waals surface area contributed by atoms with E-state index in [-0.39, 0.29) is 24.7 Å². The first kappa shape index (κ1) is 42.8. The van der Waals surface area contributed by atoms with E-state index in [1.165, 1.54) is 55.0 Å². The largest absolute Gasteiger partial charge is 0.481 e. The van der Waals surface area contributed by atoms with Crippen LogP contribution in [0.3, 0.4) is 0 Å². The molecule has 2 aliphatic carbocycles. The van der Waals surface area contributed by atoms with Gasteiger partial charge in [-0.05, 0) is 116 Å². The highest BCUT2D eigenvalue weighted by Crippen LogP contribution is 2.42. The van der Waals surface area contributed by atoms with Gasteiger partial charge < -0.3 is 33.8 Å². The van der Waals surface area contributed by atoms with Crippen molar-refractivity contribution in [2.24, 2.45) is 5.73 Å². The molecule has 0 aliphatic heterocycles. The Labute approximate surface area is 356 Å². The highest BCUT2D eigenvalue weighted by molar-refractivity contribution is 6.45. The van der Waals surface area contributed by atoms with Crippen LogP contribution >= 0.6 is 0 Å². The van der Waals surface area contributed by atoms with Gasteiger partial charge in [0, 0.05) is 29.9 Å². The van der Waals surface area contributed by atoms with Gasteiger partial charge in [0.2, 0.25) is 0 Å². The molecule has 61 heavy (non-hydrogen) atoms. The van der Waals surface area contributed by atoms with E-state index in [4.69, 9.17) is 24.7 Å². The summed E-state index contributed by atoms with van der Waals surface area (Å²) in [4.78, 5) is 48.6. The molecule has 4 aromatic carbocycles. The van der Waals surface area contributed by atoms with Crippen LogP contribution in [0.25, 0.3) is 21.8 Å². The summed E-state index contributed by atoms with van der Waals surface area (Å²) in [5.41, 5.74) is 17.4. The van der Waals surface area contributed by atoms with Gasteiger partial charge >= 0.3 is 11.9 Å². The van der Waals surface area contributed by atoms with Crippen LogP contribution in [0.4, 0.5) is 0 Å². The van der Waals surface area contributed by atoms with Crippen molar-refractivity contribution in [1.82, 2.24) is 9.13 Å². The fourth-order valence-electron chi connectivity index (χ4n) is 9.06. The van der Waals surface area contributed by atoms with Crippen LogP contribution in [0.1, 0.15) is 94.7 Å². The predicted molar refractivity (Wildman–Crippen MR) is 236 cm³/mol. The van der Waals surface area contributed by atoms with Crippen LogP contribution < -0.4 is 15.2 Å². The normalized spacial score (nSPS) is 13.1. The first-order valence-corrected chi connectivity index (χ1v) is 21.3. The van der Waals surface area contributed by atoms with Crippen molar-refractivity contribution in [2.75, 3.05) is 27.4 Å². The molecule has 318 valence electrons. The summed E-state index contributed by atoms with van der Waals surface area (Å²) in [6.45, 7) is 5.18. The van der Waals surface area contributed by atoms with E-state index in [0.29, 0.717) is 24.1 Å². The van der Waals surface area contributed by atoms with Gasteiger partial charge in [0.1, 0.15) is 11.5 Å². The van der Waals surface area contributed by atoms with Gasteiger partial charge in [0.15, 0.2) is 13.2 Å². The number of methoxy groups -OCH3 is 2. The van der Waals surface area contributed by atoms with Gasteiger partial charge in [-0.25, -0.2) is 9.59 Å². The quantitative estimate of drug-likeness (QED) is 0.0662. The fraction of sp³-hybridized carbons (Fsp3) is 0.360. The van der Waals surface area contributed by atoms with Crippen LogP contribution in [-0.2, 0) is 75.5 Å². The third-order valence-corrected chi connectivity index (χ3v) is 11.9. The number of ether oxygens (including phenoxy) is 4. The molecule has 2 N–H and O–H groups in total. The number of aryl methyl sites for hydroxylation is 5. The number of ketones is 1. The fourth-order valence-corrected chi connectivity index (χ4v) is 9.06. The monoisotopic (exact) mass is 825 g/mol. The zero-order valence-corrected chi connectivity index (χ0v) is 35.6. The molecule has 2 aromatic heterocycles. The van der Waals surface area contributed by atoms with Gasteiger partial charge in [-0.1, -0.05) is 74.5 Å².